The lowest BCUT2D eigenvalue weighted by Crippen LogP contribution is -2.21. The Labute approximate surface area is 238 Å². The number of rotatable bonds is 9. The lowest BCUT2D eigenvalue weighted by Gasteiger charge is -2.26. The first-order valence-electron chi connectivity index (χ1n) is 14.2. The molecule has 6 rings (SSSR count). The third-order valence-electron chi connectivity index (χ3n) is 7.57. The minimum Gasteiger partial charge on any atom is -0.494 e. The van der Waals surface area contributed by atoms with Gasteiger partial charge in [-0.2, -0.15) is 0 Å². The van der Waals surface area contributed by atoms with E-state index in [4.69, 9.17) is 20.2 Å². The summed E-state index contributed by atoms with van der Waals surface area (Å²) in [5, 5.41) is 5.30. The Bertz CT molecular complexity index is 1630. The van der Waals surface area contributed by atoms with E-state index < -0.39 is 11.9 Å². The molecule has 0 radical (unpaired) electrons. The van der Waals surface area contributed by atoms with Gasteiger partial charge in [0.2, 0.25) is 0 Å². The number of nitrogens with two attached hydrogens (primary N) is 1. The predicted octanol–water partition coefficient (Wildman–Crippen LogP) is 7.66. The fraction of sp³-hybridized carbons (Fsp3) is 0.273. The highest BCUT2D eigenvalue weighted by Crippen LogP contribution is 2.38. The zero-order valence-corrected chi connectivity index (χ0v) is 23.1. The molecule has 2 aromatic heterocycles. The van der Waals surface area contributed by atoms with Crippen LogP contribution in [0.5, 0.6) is 11.5 Å². The second-order valence-electron chi connectivity index (χ2n) is 10.4. The quantitative estimate of drug-likeness (QED) is 0.174. The van der Waals surface area contributed by atoms with Gasteiger partial charge in [0, 0.05) is 28.9 Å². The zero-order chi connectivity index (χ0) is 28.2. The highest BCUT2D eigenvalue weighted by Gasteiger charge is 2.27. The predicted molar refractivity (Wildman–Crippen MR) is 161 cm³/mol. The number of fused-ring (bicyclic) bond motifs is 1. The monoisotopic (exact) mass is 551 g/mol. The number of aromatic amines is 1. The zero-order valence-electron chi connectivity index (χ0n) is 23.1. The summed E-state index contributed by atoms with van der Waals surface area (Å²) in [6, 6.07) is 20.4. The van der Waals surface area contributed by atoms with E-state index in [1.165, 1.54) is 6.42 Å². The van der Waals surface area contributed by atoms with E-state index in [2.05, 4.69) is 15.3 Å². The Hall–Kier alpha value is -4.59. The smallest absolute Gasteiger partial charge is 0.171 e. The van der Waals surface area contributed by atoms with Gasteiger partial charge in [0.1, 0.15) is 23.4 Å². The molecule has 1 atom stereocenters. The van der Waals surface area contributed by atoms with Crippen LogP contribution >= 0.6 is 0 Å². The van der Waals surface area contributed by atoms with Crippen LogP contribution in [0, 0.1) is 5.82 Å². The molecule has 3 aromatic carbocycles. The van der Waals surface area contributed by atoms with Crippen LogP contribution in [0.4, 0.5) is 15.9 Å². The first-order valence-corrected chi connectivity index (χ1v) is 14.2. The molecule has 0 saturated heterocycles. The van der Waals surface area contributed by atoms with E-state index in [0.29, 0.717) is 29.6 Å². The molecule has 1 saturated carbocycles. The molecule has 210 valence electrons. The number of pyridine rings is 1. The average Bonchev–Trinajstić information content (AvgIpc) is 3.49. The summed E-state index contributed by atoms with van der Waals surface area (Å²) >= 11 is 0. The fourth-order valence-electron chi connectivity index (χ4n) is 5.50. The summed E-state index contributed by atoms with van der Waals surface area (Å²) in [5.41, 5.74) is 9.07. The highest BCUT2D eigenvalue weighted by molar-refractivity contribution is 5.93. The molecular formula is C33H34FN5O2. The summed E-state index contributed by atoms with van der Waals surface area (Å²) in [6.45, 7) is 2.36. The van der Waals surface area contributed by atoms with Crippen molar-refractivity contribution in [2.24, 2.45) is 0 Å². The van der Waals surface area contributed by atoms with Crippen molar-refractivity contribution in [1.82, 2.24) is 15.0 Å². The van der Waals surface area contributed by atoms with Gasteiger partial charge in [-0.1, -0.05) is 36.8 Å². The molecule has 1 aliphatic rings. The SMILES string of the molecule is CCOc1cc(OC2CCCCC2)c(F)c(C(Nc2ccc3c(N)nccc3c2)c2ncc(-c3ccccc3)[nH]2)c1. The number of hydrogen-bond acceptors (Lipinski definition) is 6. The molecule has 1 unspecified atom stereocenters. The lowest BCUT2D eigenvalue weighted by molar-refractivity contribution is 0.147. The van der Waals surface area contributed by atoms with Crippen LogP contribution < -0.4 is 20.5 Å². The van der Waals surface area contributed by atoms with E-state index in [9.17, 15) is 0 Å². The Morgan fingerprint density at radius 1 is 1.02 bits per heavy atom. The third kappa shape index (κ3) is 5.82. The van der Waals surface area contributed by atoms with Crippen molar-refractivity contribution in [3.63, 3.8) is 0 Å². The Balaban J connectivity index is 1.44. The molecule has 4 N–H and O–H groups in total. The number of ether oxygens (including phenoxy) is 2. The number of benzene rings is 3. The van der Waals surface area contributed by atoms with Crippen LogP contribution in [0.15, 0.2) is 79.1 Å². The maximum atomic E-state index is 16.4. The highest BCUT2D eigenvalue weighted by atomic mass is 19.1. The summed E-state index contributed by atoms with van der Waals surface area (Å²) in [6.07, 6.45) is 8.65. The second-order valence-corrected chi connectivity index (χ2v) is 10.4. The Morgan fingerprint density at radius 3 is 2.66 bits per heavy atom. The number of H-pyrrole nitrogens is 1. The van der Waals surface area contributed by atoms with Crippen molar-refractivity contribution >= 4 is 22.3 Å². The molecule has 1 fully saturated rings. The largest absolute Gasteiger partial charge is 0.494 e. The van der Waals surface area contributed by atoms with Gasteiger partial charge in [0.25, 0.3) is 0 Å². The number of anilines is 2. The summed E-state index contributed by atoms with van der Waals surface area (Å²) < 4.78 is 28.6. The van der Waals surface area contributed by atoms with Gasteiger partial charge in [0.15, 0.2) is 11.6 Å². The number of halogens is 1. The van der Waals surface area contributed by atoms with E-state index in [-0.39, 0.29) is 11.9 Å². The third-order valence-corrected chi connectivity index (χ3v) is 7.57. The lowest BCUT2D eigenvalue weighted by atomic mass is 9.97. The number of aromatic nitrogens is 3. The number of nitrogens with one attached hydrogen (secondary N) is 2. The molecule has 1 aliphatic carbocycles. The van der Waals surface area contributed by atoms with Gasteiger partial charge in [-0.25, -0.2) is 14.4 Å². The Morgan fingerprint density at radius 2 is 1.85 bits per heavy atom. The summed E-state index contributed by atoms with van der Waals surface area (Å²) in [7, 11) is 0. The molecule has 0 bridgehead atoms. The number of imidazole rings is 1. The van der Waals surface area contributed by atoms with Crippen LogP contribution in [-0.2, 0) is 0 Å². The van der Waals surface area contributed by atoms with Crippen molar-refractivity contribution < 1.29 is 13.9 Å². The molecule has 0 amide bonds. The van der Waals surface area contributed by atoms with Gasteiger partial charge in [-0.3, -0.25) is 0 Å². The van der Waals surface area contributed by atoms with Crippen LogP contribution in [0.3, 0.4) is 0 Å². The van der Waals surface area contributed by atoms with Crippen molar-refractivity contribution in [1.29, 1.82) is 0 Å². The first-order chi connectivity index (χ1) is 20.1. The molecule has 0 aliphatic heterocycles. The van der Waals surface area contributed by atoms with Crippen LogP contribution in [0.25, 0.3) is 22.0 Å². The molecule has 7 nitrogen and oxygen atoms in total. The van der Waals surface area contributed by atoms with Gasteiger partial charge < -0.3 is 25.5 Å². The van der Waals surface area contributed by atoms with Crippen molar-refractivity contribution in [2.75, 3.05) is 17.7 Å². The molecule has 2 heterocycles. The molecule has 5 aromatic rings. The topological polar surface area (TPSA) is 98.1 Å². The van der Waals surface area contributed by atoms with E-state index in [1.807, 2.05) is 61.5 Å². The number of nitrogens with zero attached hydrogens (tertiary/aromatic N) is 2. The number of nitrogen functional groups attached to an aromatic ring is 1. The van der Waals surface area contributed by atoms with Crippen molar-refractivity contribution in [2.45, 2.75) is 51.2 Å². The molecule has 8 heteroatoms. The molecule has 0 spiro atoms. The minimum absolute atomic E-state index is 0.0118. The maximum absolute atomic E-state index is 16.4. The first kappa shape index (κ1) is 26.6. The minimum atomic E-state index is -0.668. The van der Waals surface area contributed by atoms with Gasteiger partial charge in [-0.05, 0) is 73.9 Å². The standard InChI is InChI=1S/C33H34FN5O2/c1-2-40-25-18-27(30(34)29(19-25)41-24-11-7-4-8-12-24)31(33-37-20-28(39-33)21-9-5-3-6-10-21)38-23-13-14-26-22(17-23)15-16-36-32(26)35/h3,5-6,9-10,13-20,24,31,38H,2,4,7-8,11-12H2,1H3,(H2,35,36)(H,37,39). The summed E-state index contributed by atoms with van der Waals surface area (Å²) in [5.74, 6) is 1.35. The van der Waals surface area contributed by atoms with Crippen molar-refractivity contribution in [3.8, 4) is 22.8 Å². The van der Waals surface area contributed by atoms with E-state index >= 15 is 4.39 Å². The van der Waals surface area contributed by atoms with Gasteiger partial charge >= 0.3 is 0 Å². The molecule has 41 heavy (non-hydrogen) atoms. The normalized spacial score (nSPS) is 14.6. The maximum Gasteiger partial charge on any atom is 0.171 e. The average molecular weight is 552 g/mol. The van der Waals surface area contributed by atoms with E-state index in [1.54, 1.807) is 24.5 Å². The van der Waals surface area contributed by atoms with E-state index in [0.717, 1.165) is 53.4 Å². The second kappa shape index (κ2) is 11.9. The van der Waals surface area contributed by atoms with Crippen LogP contribution in [0.2, 0.25) is 0 Å². The van der Waals surface area contributed by atoms with Gasteiger partial charge in [0.05, 0.1) is 24.6 Å². The fourth-order valence-corrected chi connectivity index (χ4v) is 5.50. The Kier molecular flexibility index (Phi) is 7.71. The van der Waals surface area contributed by atoms with Crippen LogP contribution in [0.1, 0.15) is 56.5 Å². The molecular weight excluding hydrogens is 517 g/mol. The van der Waals surface area contributed by atoms with Gasteiger partial charge in [-0.15, -0.1) is 0 Å². The summed E-state index contributed by atoms with van der Waals surface area (Å²) in [4.78, 5) is 12.3. The number of hydrogen-bond donors (Lipinski definition) is 3. The van der Waals surface area contributed by atoms with Crippen LogP contribution in [-0.4, -0.2) is 27.7 Å². The van der Waals surface area contributed by atoms with Crippen molar-refractivity contribution in [3.05, 3.63) is 96.3 Å².